The molecular weight excluding hydrogens is 250 g/mol. The van der Waals surface area contributed by atoms with Crippen LogP contribution in [0, 0.1) is 11.3 Å². The van der Waals surface area contributed by atoms with Gasteiger partial charge in [0.2, 0.25) is 5.91 Å². The molecule has 1 atom stereocenters. The first-order valence-corrected chi connectivity index (χ1v) is 6.86. The quantitative estimate of drug-likeness (QED) is 0.883. The zero-order chi connectivity index (χ0) is 13.3. The first-order chi connectivity index (χ1) is 8.40. The number of carbonyl (C=O) groups is 2. The maximum absolute atomic E-state index is 12.2. The Morgan fingerprint density at radius 3 is 2.67 bits per heavy atom. The Labute approximate surface area is 110 Å². The van der Waals surface area contributed by atoms with Crippen LogP contribution in [0.4, 0.5) is 5.00 Å². The number of nitrogens with one attached hydrogen (secondary N) is 1. The number of rotatable bonds is 3. The van der Waals surface area contributed by atoms with Gasteiger partial charge in [-0.1, -0.05) is 20.3 Å². The molecule has 0 saturated heterocycles. The Morgan fingerprint density at radius 1 is 1.44 bits per heavy atom. The number of hydrogen-bond acceptors (Lipinski definition) is 3. The fraction of sp³-hybridized carbons (Fsp3) is 0.538. The number of aromatic carboxylic acids is 1. The molecule has 1 heterocycles. The van der Waals surface area contributed by atoms with Crippen LogP contribution in [0.1, 0.15) is 42.8 Å². The van der Waals surface area contributed by atoms with Gasteiger partial charge in [0.15, 0.2) is 0 Å². The third kappa shape index (κ3) is 2.56. The number of thiophene rings is 1. The van der Waals surface area contributed by atoms with Crippen molar-refractivity contribution in [2.24, 2.45) is 11.3 Å². The number of carboxylic acids is 1. The van der Waals surface area contributed by atoms with Crippen molar-refractivity contribution < 1.29 is 14.7 Å². The summed E-state index contributed by atoms with van der Waals surface area (Å²) in [6.45, 7) is 4.22. The van der Waals surface area contributed by atoms with Crippen molar-refractivity contribution in [1.29, 1.82) is 0 Å². The van der Waals surface area contributed by atoms with E-state index in [9.17, 15) is 9.59 Å². The second-order valence-corrected chi connectivity index (χ2v) is 6.48. The van der Waals surface area contributed by atoms with Crippen LogP contribution in [-0.2, 0) is 4.79 Å². The predicted octanol–water partition coefficient (Wildman–Crippen LogP) is 3.21. The molecule has 0 aliphatic heterocycles. The first-order valence-electron chi connectivity index (χ1n) is 6.04. The van der Waals surface area contributed by atoms with Gasteiger partial charge in [-0.05, 0) is 30.4 Å². The number of anilines is 1. The summed E-state index contributed by atoms with van der Waals surface area (Å²) in [5.74, 6) is -0.925. The molecular formula is C13H17NO3S. The van der Waals surface area contributed by atoms with Gasteiger partial charge in [-0.2, -0.15) is 0 Å². The van der Waals surface area contributed by atoms with Crippen LogP contribution in [0.15, 0.2) is 12.1 Å². The van der Waals surface area contributed by atoms with Crippen molar-refractivity contribution in [3.05, 3.63) is 17.0 Å². The van der Waals surface area contributed by atoms with Crippen LogP contribution in [0.2, 0.25) is 0 Å². The molecule has 1 aromatic rings. The molecule has 5 heteroatoms. The molecule has 1 fully saturated rings. The molecule has 1 aromatic heterocycles. The summed E-state index contributed by atoms with van der Waals surface area (Å²) in [6.07, 6.45) is 3.06. The van der Waals surface area contributed by atoms with E-state index in [4.69, 9.17) is 5.11 Å². The lowest BCUT2D eigenvalue weighted by Crippen LogP contribution is -2.30. The average molecular weight is 267 g/mol. The normalized spacial score (nSPS) is 21.8. The summed E-state index contributed by atoms with van der Waals surface area (Å²) in [7, 11) is 0. The van der Waals surface area contributed by atoms with E-state index in [0.29, 0.717) is 5.00 Å². The fourth-order valence-corrected chi connectivity index (χ4v) is 3.29. The second-order valence-electron chi connectivity index (χ2n) is 5.39. The second kappa shape index (κ2) is 4.72. The zero-order valence-electron chi connectivity index (χ0n) is 10.5. The smallest absolute Gasteiger partial charge is 0.345 e. The number of carbonyl (C=O) groups excluding carboxylic acids is 1. The van der Waals surface area contributed by atoms with Crippen molar-refractivity contribution in [2.45, 2.75) is 33.1 Å². The van der Waals surface area contributed by atoms with E-state index < -0.39 is 5.97 Å². The molecule has 0 radical (unpaired) electrons. The van der Waals surface area contributed by atoms with Crippen molar-refractivity contribution in [1.82, 2.24) is 0 Å². The highest BCUT2D eigenvalue weighted by Gasteiger charge is 2.39. The lowest BCUT2D eigenvalue weighted by Gasteiger charge is -2.25. The van der Waals surface area contributed by atoms with Crippen LogP contribution in [0.25, 0.3) is 0 Å². The molecule has 1 saturated carbocycles. The predicted molar refractivity (Wildman–Crippen MR) is 71.0 cm³/mol. The number of carboxylic acid groups (broad SMARTS) is 1. The highest BCUT2D eigenvalue weighted by atomic mass is 32.1. The van der Waals surface area contributed by atoms with Crippen molar-refractivity contribution >= 4 is 28.2 Å². The van der Waals surface area contributed by atoms with Crippen LogP contribution in [0.5, 0.6) is 0 Å². The van der Waals surface area contributed by atoms with Gasteiger partial charge < -0.3 is 10.4 Å². The molecule has 1 amide bonds. The lowest BCUT2D eigenvalue weighted by atomic mass is 9.81. The highest BCUT2D eigenvalue weighted by molar-refractivity contribution is 7.18. The van der Waals surface area contributed by atoms with Crippen LogP contribution in [0.3, 0.4) is 0 Å². The SMILES string of the molecule is CC1(C)CCCC1C(=O)Nc1ccc(C(=O)O)s1. The maximum Gasteiger partial charge on any atom is 0.345 e. The van der Waals surface area contributed by atoms with Gasteiger partial charge in [0.25, 0.3) is 0 Å². The first kappa shape index (κ1) is 13.1. The van der Waals surface area contributed by atoms with E-state index in [0.717, 1.165) is 30.6 Å². The topological polar surface area (TPSA) is 66.4 Å². The van der Waals surface area contributed by atoms with Crippen molar-refractivity contribution in [3.63, 3.8) is 0 Å². The molecule has 18 heavy (non-hydrogen) atoms. The van der Waals surface area contributed by atoms with Gasteiger partial charge in [0.05, 0.1) is 5.00 Å². The van der Waals surface area contributed by atoms with Gasteiger partial charge in [0, 0.05) is 5.92 Å². The van der Waals surface area contributed by atoms with E-state index in [-0.39, 0.29) is 22.1 Å². The van der Waals surface area contributed by atoms with E-state index >= 15 is 0 Å². The number of amides is 1. The minimum Gasteiger partial charge on any atom is -0.477 e. The monoisotopic (exact) mass is 267 g/mol. The molecule has 0 bridgehead atoms. The molecule has 98 valence electrons. The molecule has 1 aliphatic carbocycles. The van der Waals surface area contributed by atoms with E-state index in [2.05, 4.69) is 19.2 Å². The Morgan fingerprint density at radius 2 is 2.17 bits per heavy atom. The minimum absolute atomic E-state index is 0.0105. The summed E-state index contributed by atoms with van der Waals surface area (Å²) >= 11 is 1.10. The van der Waals surface area contributed by atoms with Gasteiger partial charge in [-0.15, -0.1) is 11.3 Å². The van der Waals surface area contributed by atoms with Gasteiger partial charge in [-0.25, -0.2) is 4.79 Å². The Kier molecular flexibility index (Phi) is 3.43. The minimum atomic E-state index is -0.957. The summed E-state index contributed by atoms with van der Waals surface area (Å²) in [5.41, 5.74) is 0.0387. The van der Waals surface area contributed by atoms with E-state index in [1.807, 2.05) is 0 Å². The van der Waals surface area contributed by atoms with E-state index in [1.165, 1.54) is 6.07 Å². The molecule has 2 N–H and O–H groups in total. The Bertz CT molecular complexity index is 478. The molecule has 1 unspecified atom stereocenters. The molecule has 4 nitrogen and oxygen atoms in total. The Hall–Kier alpha value is -1.36. The third-order valence-electron chi connectivity index (χ3n) is 3.64. The standard InChI is InChI=1S/C13H17NO3S/c1-13(2)7-3-4-8(13)11(15)14-10-6-5-9(18-10)12(16)17/h5-6,8H,3-4,7H2,1-2H3,(H,14,15)(H,16,17). The molecule has 0 aromatic carbocycles. The summed E-state index contributed by atoms with van der Waals surface area (Å²) in [4.78, 5) is 23.2. The van der Waals surface area contributed by atoms with Crippen molar-refractivity contribution in [3.8, 4) is 0 Å². The van der Waals surface area contributed by atoms with Gasteiger partial charge in [0.1, 0.15) is 4.88 Å². The summed E-state index contributed by atoms with van der Waals surface area (Å²) in [6, 6.07) is 3.16. The van der Waals surface area contributed by atoms with Crippen LogP contribution in [-0.4, -0.2) is 17.0 Å². The maximum atomic E-state index is 12.2. The van der Waals surface area contributed by atoms with Crippen LogP contribution >= 0.6 is 11.3 Å². The van der Waals surface area contributed by atoms with E-state index in [1.54, 1.807) is 6.07 Å². The summed E-state index contributed by atoms with van der Waals surface area (Å²) < 4.78 is 0. The highest BCUT2D eigenvalue weighted by Crippen LogP contribution is 2.43. The van der Waals surface area contributed by atoms with Gasteiger partial charge >= 0.3 is 5.97 Å². The lowest BCUT2D eigenvalue weighted by molar-refractivity contribution is -0.122. The van der Waals surface area contributed by atoms with Gasteiger partial charge in [-0.3, -0.25) is 4.79 Å². The number of hydrogen-bond donors (Lipinski definition) is 2. The zero-order valence-corrected chi connectivity index (χ0v) is 11.3. The molecule has 0 spiro atoms. The fourth-order valence-electron chi connectivity index (χ4n) is 2.54. The van der Waals surface area contributed by atoms with Crippen molar-refractivity contribution in [2.75, 3.05) is 5.32 Å². The third-order valence-corrected chi connectivity index (χ3v) is 4.63. The Balaban J connectivity index is 2.05. The molecule has 2 rings (SSSR count). The molecule has 1 aliphatic rings. The summed E-state index contributed by atoms with van der Waals surface area (Å²) in [5, 5.41) is 12.3. The average Bonchev–Trinajstić information content (AvgIpc) is 2.84. The van der Waals surface area contributed by atoms with Crippen LogP contribution < -0.4 is 5.32 Å². The largest absolute Gasteiger partial charge is 0.477 e.